The summed E-state index contributed by atoms with van der Waals surface area (Å²) < 4.78 is 19.2. The number of allylic oxidation sites excluding steroid dienone is 2. The van der Waals surface area contributed by atoms with Crippen molar-refractivity contribution in [2.75, 3.05) is 12.4 Å². The molecule has 2 aromatic carbocycles. The van der Waals surface area contributed by atoms with Crippen molar-refractivity contribution in [3.63, 3.8) is 0 Å². The number of ether oxygens (including phenoxy) is 1. The monoisotopic (exact) mass is 509 g/mol. The second kappa shape index (κ2) is 9.58. The first-order valence-electron chi connectivity index (χ1n) is 9.36. The van der Waals surface area contributed by atoms with Crippen LogP contribution in [0, 0.1) is 5.82 Å². The molecule has 0 aromatic heterocycles. The van der Waals surface area contributed by atoms with Crippen LogP contribution in [0.5, 0.6) is 0 Å². The van der Waals surface area contributed by atoms with Gasteiger partial charge >= 0.3 is 6.03 Å². The number of urea groups is 1. The number of hydrogen-bond donors (Lipinski definition) is 4. The van der Waals surface area contributed by atoms with Crippen LogP contribution in [0.2, 0.25) is 0 Å². The standard InChI is InChI=1S/C22H18Cl2FN3O4S/c1-32-22(31)17(23)10-12(11-21(22,24)19(33)28-20(26)30)13-6-3-5-9-16(13)27-18(29)14-7-2-4-8-15(14)25/h2-11,31H,1H3,(H,27,29)(H3,26,28,30,33). The van der Waals surface area contributed by atoms with Crippen LogP contribution in [0.1, 0.15) is 15.9 Å². The van der Waals surface area contributed by atoms with E-state index in [1.165, 1.54) is 36.4 Å². The molecule has 0 fully saturated rings. The molecular formula is C22H18Cl2FN3O4S. The molecule has 1 aliphatic rings. The Hall–Kier alpha value is -2.82. The Balaban J connectivity index is 2.08. The zero-order chi connectivity index (χ0) is 24.4. The molecule has 0 aliphatic heterocycles. The van der Waals surface area contributed by atoms with E-state index in [0.717, 1.165) is 7.11 Å². The van der Waals surface area contributed by atoms with Crippen molar-refractivity contribution in [2.24, 2.45) is 5.73 Å². The van der Waals surface area contributed by atoms with Crippen LogP contribution in [0.3, 0.4) is 0 Å². The summed E-state index contributed by atoms with van der Waals surface area (Å²) in [5.41, 5.74) is 6.05. The van der Waals surface area contributed by atoms with Gasteiger partial charge in [0.15, 0.2) is 4.87 Å². The minimum Gasteiger partial charge on any atom is -0.359 e. The van der Waals surface area contributed by atoms with E-state index in [-0.39, 0.29) is 15.6 Å². The van der Waals surface area contributed by atoms with E-state index >= 15 is 0 Å². The first-order chi connectivity index (χ1) is 15.5. The molecule has 0 heterocycles. The number of nitrogens with two attached hydrogens (primary N) is 1. The zero-order valence-corrected chi connectivity index (χ0v) is 19.4. The SMILES string of the molecule is COC1(O)C(Cl)=CC(c2ccccc2NC(=O)c2ccccc2F)=CC1(Cl)C(=S)NC(N)=O. The predicted molar refractivity (Wildman–Crippen MR) is 129 cm³/mol. The minimum absolute atomic E-state index is 0.147. The lowest BCUT2D eigenvalue weighted by Crippen LogP contribution is -2.61. The second-order valence-electron chi connectivity index (χ2n) is 6.95. The third-order valence-electron chi connectivity index (χ3n) is 4.92. The van der Waals surface area contributed by atoms with Gasteiger partial charge in [0, 0.05) is 18.4 Å². The molecule has 2 aromatic rings. The number of hydrogen-bond acceptors (Lipinski definition) is 5. The Kier molecular flexibility index (Phi) is 7.20. The van der Waals surface area contributed by atoms with Gasteiger partial charge in [0.2, 0.25) is 5.79 Å². The first-order valence-corrected chi connectivity index (χ1v) is 10.5. The van der Waals surface area contributed by atoms with Gasteiger partial charge in [0.25, 0.3) is 5.91 Å². The molecule has 0 radical (unpaired) electrons. The smallest absolute Gasteiger partial charge is 0.317 e. The molecule has 33 heavy (non-hydrogen) atoms. The number of carbonyl (C=O) groups is 2. The van der Waals surface area contributed by atoms with Crippen molar-refractivity contribution in [3.8, 4) is 0 Å². The minimum atomic E-state index is -2.33. The lowest BCUT2D eigenvalue weighted by molar-refractivity contribution is -0.154. The summed E-state index contributed by atoms with van der Waals surface area (Å²) in [6.07, 6.45) is 2.68. The lowest BCUT2D eigenvalue weighted by atomic mass is 9.85. The number of alkyl halides is 1. The number of thiocarbonyl (C=S) groups is 1. The molecule has 3 rings (SSSR count). The summed E-state index contributed by atoms with van der Waals surface area (Å²) in [7, 11) is 1.15. The van der Waals surface area contributed by atoms with Crippen LogP contribution in [0.25, 0.3) is 5.57 Å². The zero-order valence-electron chi connectivity index (χ0n) is 17.1. The van der Waals surface area contributed by atoms with Gasteiger partial charge in [-0.2, -0.15) is 0 Å². The normalized spacial score (nSPS) is 22.1. The molecule has 0 spiro atoms. The Bertz CT molecular complexity index is 1210. The molecule has 172 valence electrons. The molecule has 0 bridgehead atoms. The van der Waals surface area contributed by atoms with Gasteiger partial charge < -0.3 is 26.2 Å². The van der Waals surface area contributed by atoms with Crippen molar-refractivity contribution >= 4 is 63.6 Å². The van der Waals surface area contributed by atoms with Crippen molar-refractivity contribution in [1.82, 2.24) is 5.32 Å². The van der Waals surface area contributed by atoms with Gasteiger partial charge in [0.05, 0.1) is 10.6 Å². The molecule has 0 saturated carbocycles. The van der Waals surface area contributed by atoms with E-state index < -0.39 is 28.4 Å². The molecule has 5 N–H and O–H groups in total. The van der Waals surface area contributed by atoms with Gasteiger partial charge in [-0.15, -0.1) is 11.6 Å². The highest BCUT2D eigenvalue weighted by molar-refractivity contribution is 7.80. The van der Waals surface area contributed by atoms with Crippen LogP contribution in [0.4, 0.5) is 14.9 Å². The number of primary amides is 1. The maximum absolute atomic E-state index is 14.1. The fourth-order valence-corrected chi connectivity index (χ4v) is 4.30. The number of amides is 3. The van der Waals surface area contributed by atoms with Crippen molar-refractivity contribution in [2.45, 2.75) is 10.7 Å². The van der Waals surface area contributed by atoms with Crippen molar-refractivity contribution < 1.29 is 23.8 Å². The number of benzene rings is 2. The maximum Gasteiger partial charge on any atom is 0.317 e. The van der Waals surface area contributed by atoms with Crippen LogP contribution in [0.15, 0.2) is 65.7 Å². The highest BCUT2D eigenvalue weighted by Crippen LogP contribution is 2.47. The molecule has 11 heteroatoms. The quantitative estimate of drug-likeness (QED) is 0.277. The third-order valence-corrected chi connectivity index (χ3v) is 6.38. The molecule has 1 aliphatic carbocycles. The van der Waals surface area contributed by atoms with Gasteiger partial charge in [-0.25, -0.2) is 9.18 Å². The van der Waals surface area contributed by atoms with Crippen LogP contribution in [-0.2, 0) is 4.74 Å². The molecule has 3 amide bonds. The molecule has 7 nitrogen and oxygen atoms in total. The number of rotatable bonds is 5. The predicted octanol–water partition coefficient (Wildman–Crippen LogP) is 3.91. The Morgan fingerprint density at radius 3 is 2.45 bits per heavy atom. The molecule has 0 saturated heterocycles. The van der Waals surface area contributed by atoms with Crippen LogP contribution < -0.4 is 16.4 Å². The summed E-state index contributed by atoms with van der Waals surface area (Å²) >= 11 is 18.2. The van der Waals surface area contributed by atoms with E-state index in [4.69, 9.17) is 45.9 Å². The average Bonchev–Trinajstić information content (AvgIpc) is 2.77. The second-order valence-corrected chi connectivity index (χ2v) is 8.36. The van der Waals surface area contributed by atoms with E-state index in [2.05, 4.69) is 10.6 Å². The summed E-state index contributed by atoms with van der Waals surface area (Å²) in [5.74, 6) is -3.69. The van der Waals surface area contributed by atoms with Crippen LogP contribution in [-0.4, -0.2) is 39.8 Å². The van der Waals surface area contributed by atoms with Crippen molar-refractivity contribution in [3.05, 3.63) is 82.7 Å². The van der Waals surface area contributed by atoms with Gasteiger partial charge in [0.1, 0.15) is 10.8 Å². The summed E-state index contributed by atoms with van der Waals surface area (Å²) in [5, 5.41) is 15.6. The average molecular weight is 510 g/mol. The van der Waals surface area contributed by atoms with E-state index in [9.17, 15) is 19.1 Å². The topological polar surface area (TPSA) is 114 Å². The number of para-hydroxylation sites is 1. The van der Waals surface area contributed by atoms with Crippen LogP contribution >= 0.6 is 35.4 Å². The van der Waals surface area contributed by atoms with Crippen molar-refractivity contribution in [1.29, 1.82) is 0 Å². The third kappa shape index (κ3) is 4.64. The fourth-order valence-electron chi connectivity index (χ4n) is 3.26. The highest BCUT2D eigenvalue weighted by atomic mass is 35.5. The molecule has 2 unspecified atom stereocenters. The number of carbonyl (C=O) groups excluding carboxylic acids is 2. The fraction of sp³-hybridized carbons (Fsp3) is 0.136. The van der Waals surface area contributed by atoms with E-state index in [0.29, 0.717) is 16.8 Å². The van der Waals surface area contributed by atoms with Gasteiger partial charge in [-0.1, -0.05) is 54.2 Å². The maximum atomic E-state index is 14.1. The number of halogens is 3. The summed E-state index contributed by atoms with van der Waals surface area (Å²) in [4.78, 5) is 21.6. The lowest BCUT2D eigenvalue weighted by Gasteiger charge is -2.42. The Labute approximate surface area is 204 Å². The number of methoxy groups -OCH3 is 1. The first kappa shape index (κ1) is 24.8. The van der Waals surface area contributed by atoms with Gasteiger partial charge in [-0.3, -0.25) is 4.79 Å². The number of anilines is 1. The number of nitrogens with one attached hydrogen (secondary N) is 2. The van der Waals surface area contributed by atoms with E-state index in [1.54, 1.807) is 24.3 Å². The summed E-state index contributed by atoms with van der Waals surface area (Å²) in [6.45, 7) is 0. The Morgan fingerprint density at radius 2 is 1.82 bits per heavy atom. The molecular weight excluding hydrogens is 492 g/mol. The Morgan fingerprint density at radius 1 is 1.18 bits per heavy atom. The summed E-state index contributed by atoms with van der Waals surface area (Å²) in [6, 6.07) is 11.1. The highest BCUT2D eigenvalue weighted by Gasteiger charge is 2.56. The van der Waals surface area contributed by atoms with Gasteiger partial charge in [-0.05, 0) is 35.9 Å². The molecule has 2 atom stereocenters. The largest absolute Gasteiger partial charge is 0.359 e. The van der Waals surface area contributed by atoms with E-state index in [1.807, 2.05) is 0 Å². The number of aliphatic hydroxyl groups is 1.